The predicted octanol–water partition coefficient (Wildman–Crippen LogP) is 3.40. The van der Waals surface area contributed by atoms with Gasteiger partial charge in [0.2, 0.25) is 0 Å². The predicted molar refractivity (Wildman–Crippen MR) is 46.8 cm³/mol. The van der Waals surface area contributed by atoms with Crippen LogP contribution in [0.5, 0.6) is 0 Å². The molecule has 0 amide bonds. The first-order valence-electron chi connectivity index (χ1n) is 4.78. The van der Waals surface area contributed by atoms with E-state index in [-0.39, 0.29) is 0 Å². The maximum Gasteiger partial charge on any atom is 0.396 e. The van der Waals surface area contributed by atoms with E-state index in [2.05, 4.69) is 0 Å². The lowest BCUT2D eigenvalue weighted by atomic mass is 10.0. The molecule has 0 saturated heterocycles. The fourth-order valence-electron chi connectivity index (χ4n) is 1.56. The molecular weight excluding hydrogens is 193 g/mol. The largest absolute Gasteiger partial charge is 0.396 e. The number of rotatable bonds is 2. The fourth-order valence-corrected chi connectivity index (χ4v) is 1.56. The van der Waals surface area contributed by atoms with Crippen molar-refractivity contribution in [2.24, 2.45) is 0 Å². The van der Waals surface area contributed by atoms with Crippen LogP contribution in [0, 0.1) is 0 Å². The van der Waals surface area contributed by atoms with E-state index in [1.807, 2.05) is 0 Å². The van der Waals surface area contributed by atoms with Crippen LogP contribution >= 0.6 is 0 Å². The topological polar surface area (TPSA) is 17.1 Å². The molecular formula is C10H13F3O. The third kappa shape index (κ3) is 3.94. The summed E-state index contributed by atoms with van der Waals surface area (Å²) in [5.41, 5.74) is 0.375. The van der Waals surface area contributed by atoms with Crippen molar-refractivity contribution in [2.45, 2.75) is 44.7 Å². The molecule has 0 saturated carbocycles. The Labute approximate surface area is 81.0 Å². The van der Waals surface area contributed by atoms with E-state index in [0.29, 0.717) is 12.0 Å². The Bertz CT molecular complexity index is 240. The minimum absolute atomic E-state index is 0.375. The Kier molecular flexibility index (Phi) is 3.72. The molecule has 1 rings (SSSR count). The van der Waals surface area contributed by atoms with Crippen molar-refractivity contribution in [1.82, 2.24) is 0 Å². The Balaban J connectivity index is 2.54. The van der Waals surface area contributed by atoms with Crippen molar-refractivity contribution in [1.29, 1.82) is 0 Å². The maximum absolute atomic E-state index is 11.9. The summed E-state index contributed by atoms with van der Waals surface area (Å²) < 4.78 is 35.7. The van der Waals surface area contributed by atoms with Gasteiger partial charge in [-0.2, -0.15) is 13.2 Å². The van der Waals surface area contributed by atoms with Crippen molar-refractivity contribution in [3.63, 3.8) is 0 Å². The summed E-state index contributed by atoms with van der Waals surface area (Å²) in [6.45, 7) is 0. The lowest BCUT2D eigenvalue weighted by Crippen LogP contribution is -2.16. The van der Waals surface area contributed by atoms with Crippen LogP contribution in [0.25, 0.3) is 0 Å². The lowest BCUT2D eigenvalue weighted by Gasteiger charge is -2.07. The summed E-state index contributed by atoms with van der Waals surface area (Å²) in [6.07, 6.45) is 0.0372. The van der Waals surface area contributed by atoms with Crippen LogP contribution in [-0.4, -0.2) is 12.0 Å². The monoisotopic (exact) mass is 206 g/mol. The molecule has 1 aliphatic carbocycles. The minimum atomic E-state index is -4.37. The van der Waals surface area contributed by atoms with E-state index >= 15 is 0 Å². The maximum atomic E-state index is 11.9. The second-order valence-corrected chi connectivity index (χ2v) is 3.54. The van der Waals surface area contributed by atoms with Gasteiger partial charge < -0.3 is 0 Å². The van der Waals surface area contributed by atoms with E-state index in [1.54, 1.807) is 6.08 Å². The zero-order valence-electron chi connectivity index (χ0n) is 7.86. The summed E-state index contributed by atoms with van der Waals surface area (Å²) in [7, 11) is 0. The van der Waals surface area contributed by atoms with E-state index < -0.39 is 18.4 Å². The van der Waals surface area contributed by atoms with Crippen LogP contribution in [0.3, 0.4) is 0 Å². The summed E-state index contributed by atoms with van der Waals surface area (Å²) in [5.74, 6) is -0.751. The van der Waals surface area contributed by atoms with Crippen LogP contribution in [-0.2, 0) is 4.79 Å². The minimum Gasteiger partial charge on any atom is -0.294 e. The molecule has 14 heavy (non-hydrogen) atoms. The number of Topliss-reactive ketones (excluding diaryl/α,β-unsaturated/α-hetero) is 1. The molecule has 0 fully saturated rings. The van der Waals surface area contributed by atoms with Crippen LogP contribution in [0.2, 0.25) is 0 Å². The number of alkyl halides is 3. The summed E-state index contributed by atoms with van der Waals surface area (Å²) in [5, 5.41) is 0. The molecule has 80 valence electrons. The number of ketones is 1. The fraction of sp³-hybridized carbons (Fsp3) is 0.700. The summed E-state index contributed by atoms with van der Waals surface area (Å²) >= 11 is 0. The van der Waals surface area contributed by atoms with Crippen LogP contribution in [0.15, 0.2) is 11.6 Å². The highest BCUT2D eigenvalue weighted by atomic mass is 19.4. The van der Waals surface area contributed by atoms with Gasteiger partial charge in [0.1, 0.15) is 6.42 Å². The Morgan fingerprint density at radius 1 is 1.29 bits per heavy atom. The van der Waals surface area contributed by atoms with E-state index in [0.717, 1.165) is 25.7 Å². The number of carbonyl (C=O) groups excluding carboxylic acids is 1. The average molecular weight is 206 g/mol. The lowest BCUT2D eigenvalue weighted by molar-refractivity contribution is -0.149. The highest BCUT2D eigenvalue weighted by Gasteiger charge is 2.32. The SMILES string of the molecule is O=C(CC(F)(F)F)C1=CCCCCC1. The molecule has 0 atom stereocenters. The Morgan fingerprint density at radius 2 is 2.00 bits per heavy atom. The number of carbonyl (C=O) groups is 1. The van der Waals surface area contributed by atoms with Gasteiger partial charge in [0.15, 0.2) is 5.78 Å². The summed E-state index contributed by atoms with van der Waals surface area (Å²) in [4.78, 5) is 11.2. The van der Waals surface area contributed by atoms with Gasteiger partial charge in [-0.3, -0.25) is 4.79 Å². The number of hydrogen-bond acceptors (Lipinski definition) is 1. The van der Waals surface area contributed by atoms with Crippen LogP contribution in [0.1, 0.15) is 38.5 Å². The number of allylic oxidation sites excluding steroid dienone is 2. The first kappa shape index (κ1) is 11.3. The first-order chi connectivity index (χ1) is 6.49. The molecule has 0 radical (unpaired) electrons. The first-order valence-corrected chi connectivity index (χ1v) is 4.78. The summed E-state index contributed by atoms with van der Waals surface area (Å²) in [6, 6.07) is 0. The molecule has 0 aromatic carbocycles. The molecule has 0 N–H and O–H groups in total. The molecule has 0 aromatic heterocycles. The zero-order chi connectivity index (χ0) is 10.6. The smallest absolute Gasteiger partial charge is 0.294 e. The molecule has 0 unspecified atom stereocenters. The quantitative estimate of drug-likeness (QED) is 0.676. The van der Waals surface area contributed by atoms with E-state index in [9.17, 15) is 18.0 Å². The standard InChI is InChI=1S/C10H13F3O/c11-10(12,13)7-9(14)8-5-3-1-2-4-6-8/h5H,1-4,6-7H2. The van der Waals surface area contributed by atoms with Crippen LogP contribution < -0.4 is 0 Å². The molecule has 0 aromatic rings. The number of hydrogen-bond donors (Lipinski definition) is 0. The van der Waals surface area contributed by atoms with E-state index in [4.69, 9.17) is 0 Å². The van der Waals surface area contributed by atoms with Gasteiger partial charge in [0, 0.05) is 0 Å². The van der Waals surface area contributed by atoms with Gasteiger partial charge in [-0.15, -0.1) is 0 Å². The molecule has 0 heterocycles. The van der Waals surface area contributed by atoms with Crippen molar-refractivity contribution in [2.75, 3.05) is 0 Å². The molecule has 0 aliphatic heterocycles. The molecule has 0 bridgehead atoms. The molecule has 4 heteroatoms. The van der Waals surface area contributed by atoms with Gasteiger partial charge in [-0.05, 0) is 31.3 Å². The second-order valence-electron chi connectivity index (χ2n) is 3.54. The van der Waals surface area contributed by atoms with Crippen molar-refractivity contribution in [3.8, 4) is 0 Å². The normalized spacial score (nSPS) is 18.6. The molecule has 1 nitrogen and oxygen atoms in total. The van der Waals surface area contributed by atoms with Gasteiger partial charge >= 0.3 is 6.18 Å². The zero-order valence-corrected chi connectivity index (χ0v) is 7.86. The second kappa shape index (κ2) is 4.62. The molecule has 1 aliphatic rings. The highest BCUT2D eigenvalue weighted by Crippen LogP contribution is 2.25. The average Bonchev–Trinajstić information content (AvgIpc) is 2.27. The van der Waals surface area contributed by atoms with E-state index in [1.165, 1.54) is 0 Å². The third-order valence-corrected chi connectivity index (χ3v) is 2.26. The Morgan fingerprint density at radius 3 is 2.64 bits per heavy atom. The number of halogens is 3. The van der Waals surface area contributed by atoms with Gasteiger partial charge in [0.05, 0.1) is 0 Å². The Hall–Kier alpha value is -0.800. The van der Waals surface area contributed by atoms with Crippen molar-refractivity contribution >= 4 is 5.78 Å². The van der Waals surface area contributed by atoms with Gasteiger partial charge in [-0.25, -0.2) is 0 Å². The van der Waals surface area contributed by atoms with Crippen LogP contribution in [0.4, 0.5) is 13.2 Å². The highest BCUT2D eigenvalue weighted by molar-refractivity contribution is 5.95. The third-order valence-electron chi connectivity index (χ3n) is 2.26. The molecule has 0 spiro atoms. The van der Waals surface area contributed by atoms with Crippen molar-refractivity contribution < 1.29 is 18.0 Å². The van der Waals surface area contributed by atoms with Crippen molar-refractivity contribution in [3.05, 3.63) is 11.6 Å². The van der Waals surface area contributed by atoms with Gasteiger partial charge in [-0.1, -0.05) is 12.5 Å². The van der Waals surface area contributed by atoms with Gasteiger partial charge in [0.25, 0.3) is 0 Å².